The summed E-state index contributed by atoms with van der Waals surface area (Å²) in [7, 11) is 0. The number of halogens is 1. The third kappa shape index (κ3) is 5.70. The Balaban J connectivity index is 1.70. The number of hydrogen-bond acceptors (Lipinski definition) is 8. The van der Waals surface area contributed by atoms with E-state index in [4.69, 9.17) is 14.2 Å². The summed E-state index contributed by atoms with van der Waals surface area (Å²) in [6.07, 6.45) is 3.48. The van der Waals surface area contributed by atoms with Crippen molar-refractivity contribution < 1.29 is 33.7 Å². The number of morpholine rings is 1. The molecule has 1 spiro atoms. The van der Waals surface area contributed by atoms with Crippen LogP contribution < -0.4 is 0 Å². The fourth-order valence-electron chi connectivity index (χ4n) is 6.77. The van der Waals surface area contributed by atoms with E-state index in [1.54, 1.807) is 11.0 Å². The van der Waals surface area contributed by atoms with E-state index < -0.39 is 41.6 Å². The molecule has 218 valence electrons. The second kappa shape index (κ2) is 12.8. The smallest absolute Gasteiger partial charge is 0.312 e. The predicted octanol–water partition coefficient (Wildman–Crippen LogP) is 1.22. The first-order valence-corrected chi connectivity index (χ1v) is 14.8. The van der Waals surface area contributed by atoms with E-state index in [9.17, 15) is 19.5 Å². The number of likely N-dealkylation sites (tertiary alicyclic amines) is 1. The Hall–Kier alpha value is -1.79. The van der Waals surface area contributed by atoms with Crippen LogP contribution in [0.15, 0.2) is 25.3 Å². The van der Waals surface area contributed by atoms with Gasteiger partial charge in [-0.3, -0.25) is 19.3 Å². The number of rotatable bonds is 13. The Bertz CT molecular complexity index is 942. The van der Waals surface area contributed by atoms with Gasteiger partial charge in [0.1, 0.15) is 18.2 Å². The quantitative estimate of drug-likeness (QED) is 0.188. The van der Waals surface area contributed by atoms with E-state index in [0.29, 0.717) is 45.7 Å². The van der Waals surface area contributed by atoms with E-state index in [2.05, 4.69) is 34.0 Å². The standard InChI is InChI=1S/C28H42BrN3O7/c1-5-7-31(9-8-30-10-13-37-14-11-30)26(35)24-28-16-20(29)23(39-28)21(27(36)38-12-6-2)22(28)25(34)32(24)19(17-33)15-18(3)4/h5-6,18-24,33H,1-2,7-17H2,3-4H3/t19-,20?,21+,22+,23+,24?,28?/m1/s1. The first kappa shape index (κ1) is 30.2. The molecule has 0 aromatic carbocycles. The predicted molar refractivity (Wildman–Crippen MR) is 148 cm³/mol. The van der Waals surface area contributed by atoms with Crippen LogP contribution in [0.1, 0.15) is 26.7 Å². The summed E-state index contributed by atoms with van der Waals surface area (Å²) in [5.41, 5.74) is -1.20. The molecule has 0 aromatic rings. The van der Waals surface area contributed by atoms with E-state index in [1.807, 2.05) is 13.8 Å². The summed E-state index contributed by atoms with van der Waals surface area (Å²) < 4.78 is 17.4. The summed E-state index contributed by atoms with van der Waals surface area (Å²) in [5, 5.41) is 10.4. The highest BCUT2D eigenvalue weighted by molar-refractivity contribution is 9.09. The topological polar surface area (TPSA) is 109 Å². The second-order valence-electron chi connectivity index (χ2n) is 11.3. The number of carbonyl (C=O) groups is 3. The third-order valence-corrected chi connectivity index (χ3v) is 9.22. The molecule has 4 aliphatic rings. The lowest BCUT2D eigenvalue weighted by atomic mass is 9.70. The van der Waals surface area contributed by atoms with Crippen molar-refractivity contribution in [2.24, 2.45) is 17.8 Å². The van der Waals surface area contributed by atoms with Crippen LogP contribution in [0.25, 0.3) is 0 Å². The van der Waals surface area contributed by atoms with Crippen molar-refractivity contribution in [1.29, 1.82) is 0 Å². The van der Waals surface area contributed by atoms with Gasteiger partial charge in [-0.05, 0) is 18.8 Å². The Morgan fingerprint density at radius 1 is 1.28 bits per heavy atom. The molecule has 3 unspecified atom stereocenters. The maximum Gasteiger partial charge on any atom is 0.312 e. The molecule has 0 aliphatic carbocycles. The molecule has 4 fully saturated rings. The van der Waals surface area contributed by atoms with Crippen LogP contribution >= 0.6 is 15.9 Å². The first-order valence-electron chi connectivity index (χ1n) is 13.9. The molecule has 2 bridgehead atoms. The number of aliphatic hydroxyl groups excluding tert-OH is 1. The summed E-state index contributed by atoms with van der Waals surface area (Å²) in [4.78, 5) is 47.2. The molecule has 39 heavy (non-hydrogen) atoms. The number of nitrogens with zero attached hydrogens (tertiary/aromatic N) is 3. The summed E-state index contributed by atoms with van der Waals surface area (Å²) in [6.45, 7) is 15.5. The molecule has 4 rings (SSSR count). The Morgan fingerprint density at radius 3 is 2.62 bits per heavy atom. The normalized spacial score (nSPS) is 32.8. The Morgan fingerprint density at radius 2 is 2.00 bits per heavy atom. The molecule has 11 heteroatoms. The van der Waals surface area contributed by atoms with Crippen LogP contribution in [0.2, 0.25) is 0 Å². The van der Waals surface area contributed by atoms with Gasteiger partial charge < -0.3 is 29.1 Å². The van der Waals surface area contributed by atoms with E-state index in [-0.39, 0.29) is 35.8 Å². The second-order valence-corrected chi connectivity index (χ2v) is 12.5. The van der Waals surface area contributed by atoms with Crippen molar-refractivity contribution in [3.05, 3.63) is 25.3 Å². The van der Waals surface area contributed by atoms with Gasteiger partial charge in [-0.15, -0.1) is 6.58 Å². The maximum atomic E-state index is 14.5. The van der Waals surface area contributed by atoms with Crippen LogP contribution in [-0.4, -0.2) is 125 Å². The summed E-state index contributed by atoms with van der Waals surface area (Å²) in [5.74, 6) is -2.66. The number of esters is 1. The number of aliphatic hydroxyl groups is 1. The monoisotopic (exact) mass is 611 g/mol. The maximum absolute atomic E-state index is 14.5. The molecule has 0 saturated carbocycles. The van der Waals surface area contributed by atoms with E-state index >= 15 is 0 Å². The largest absolute Gasteiger partial charge is 0.461 e. The number of ether oxygens (including phenoxy) is 3. The fourth-order valence-corrected chi connectivity index (χ4v) is 7.72. The molecule has 2 amide bonds. The lowest BCUT2D eigenvalue weighted by Crippen LogP contribution is -2.59. The van der Waals surface area contributed by atoms with Crippen molar-refractivity contribution in [3.8, 4) is 0 Å². The Kier molecular flexibility index (Phi) is 9.91. The van der Waals surface area contributed by atoms with Gasteiger partial charge in [0.2, 0.25) is 11.8 Å². The molecule has 0 radical (unpaired) electrons. The summed E-state index contributed by atoms with van der Waals surface area (Å²) >= 11 is 3.67. The van der Waals surface area contributed by atoms with Crippen molar-refractivity contribution in [2.45, 2.75) is 55.3 Å². The average molecular weight is 613 g/mol. The Labute approximate surface area is 239 Å². The van der Waals surface area contributed by atoms with Crippen LogP contribution in [0.5, 0.6) is 0 Å². The highest BCUT2D eigenvalue weighted by Crippen LogP contribution is 2.60. The molecule has 4 saturated heterocycles. The lowest BCUT2D eigenvalue weighted by Gasteiger charge is -2.40. The van der Waals surface area contributed by atoms with Crippen LogP contribution in [-0.2, 0) is 28.6 Å². The third-order valence-electron chi connectivity index (χ3n) is 8.38. The van der Waals surface area contributed by atoms with Gasteiger partial charge in [0.05, 0.1) is 43.8 Å². The van der Waals surface area contributed by atoms with Gasteiger partial charge in [0.15, 0.2) is 0 Å². The molecule has 1 N–H and O–H groups in total. The number of fused-ring (bicyclic) bond motifs is 1. The van der Waals surface area contributed by atoms with E-state index in [0.717, 1.165) is 13.1 Å². The number of hydrogen-bond donors (Lipinski definition) is 1. The minimum absolute atomic E-state index is 0.0241. The van der Waals surface area contributed by atoms with Crippen LogP contribution in [0, 0.1) is 17.8 Å². The molecule has 7 atom stereocenters. The SMILES string of the molecule is C=CCOC(=O)[C@H]1[C@H]2C(=O)N([C@@H](CO)CC(C)C)C(C(=O)N(CC=C)CCN3CCOCC3)C23CC(Br)[C@@H]1O3. The minimum atomic E-state index is -1.20. The van der Waals surface area contributed by atoms with Gasteiger partial charge in [0.25, 0.3) is 0 Å². The van der Waals surface area contributed by atoms with Crippen LogP contribution in [0.3, 0.4) is 0 Å². The van der Waals surface area contributed by atoms with Gasteiger partial charge in [-0.2, -0.15) is 0 Å². The first-order chi connectivity index (χ1) is 18.7. The fraction of sp³-hybridized carbons (Fsp3) is 0.750. The van der Waals surface area contributed by atoms with Crippen LogP contribution in [0.4, 0.5) is 0 Å². The molecule has 4 aliphatic heterocycles. The molecule has 4 heterocycles. The van der Waals surface area contributed by atoms with Gasteiger partial charge >= 0.3 is 5.97 Å². The van der Waals surface area contributed by atoms with Crippen molar-refractivity contribution in [2.75, 3.05) is 59.2 Å². The molecule has 0 aromatic heterocycles. The van der Waals surface area contributed by atoms with E-state index in [1.165, 1.54) is 11.0 Å². The van der Waals surface area contributed by atoms with Crippen molar-refractivity contribution >= 4 is 33.7 Å². The zero-order valence-electron chi connectivity index (χ0n) is 23.0. The average Bonchev–Trinajstić information content (AvgIpc) is 3.51. The lowest BCUT2D eigenvalue weighted by molar-refractivity contribution is -0.156. The highest BCUT2D eigenvalue weighted by atomic mass is 79.9. The number of amides is 2. The number of carbonyl (C=O) groups excluding carboxylic acids is 3. The number of alkyl halides is 1. The van der Waals surface area contributed by atoms with Gasteiger partial charge in [-0.25, -0.2) is 0 Å². The van der Waals surface area contributed by atoms with Gasteiger partial charge in [0, 0.05) is 37.6 Å². The molecular weight excluding hydrogens is 570 g/mol. The summed E-state index contributed by atoms with van der Waals surface area (Å²) in [6, 6.07) is -1.56. The van der Waals surface area contributed by atoms with Gasteiger partial charge in [-0.1, -0.05) is 48.5 Å². The van der Waals surface area contributed by atoms with Crippen molar-refractivity contribution in [1.82, 2.24) is 14.7 Å². The zero-order valence-corrected chi connectivity index (χ0v) is 24.6. The molecule has 10 nitrogen and oxygen atoms in total. The highest BCUT2D eigenvalue weighted by Gasteiger charge is 2.77. The zero-order chi connectivity index (χ0) is 28.3. The van der Waals surface area contributed by atoms with Crippen molar-refractivity contribution in [3.63, 3.8) is 0 Å². The molecular formula is C28H42BrN3O7. The minimum Gasteiger partial charge on any atom is -0.461 e.